The predicted molar refractivity (Wildman–Crippen MR) is 133 cm³/mol. The van der Waals surface area contributed by atoms with E-state index in [2.05, 4.69) is 25.9 Å². The molecular formula is C24H41N5O5. The van der Waals surface area contributed by atoms with Crippen LogP contribution in [-0.4, -0.2) is 63.7 Å². The van der Waals surface area contributed by atoms with Gasteiger partial charge in [0.2, 0.25) is 0 Å². The van der Waals surface area contributed by atoms with Gasteiger partial charge in [-0.3, -0.25) is 4.79 Å². The van der Waals surface area contributed by atoms with Gasteiger partial charge in [-0.1, -0.05) is 33.5 Å². The van der Waals surface area contributed by atoms with E-state index in [9.17, 15) is 4.79 Å². The van der Waals surface area contributed by atoms with E-state index in [0.717, 1.165) is 68.5 Å². The SMILES string of the molecule is CNC(=O)/C(=N/OC)C1CCCCC1CO/N=C(C)/C(=N/OC)C1CCC(/C(C)=N/OC)CC1. The Balaban J connectivity index is 2.02. The molecule has 0 aliphatic heterocycles. The number of amides is 1. The molecule has 0 bridgehead atoms. The molecule has 192 valence electrons. The summed E-state index contributed by atoms with van der Waals surface area (Å²) < 4.78 is 0. The van der Waals surface area contributed by atoms with Crippen LogP contribution in [0.5, 0.6) is 0 Å². The third-order valence-corrected chi connectivity index (χ3v) is 6.90. The van der Waals surface area contributed by atoms with Gasteiger partial charge in [0.15, 0.2) is 0 Å². The monoisotopic (exact) mass is 479 g/mol. The summed E-state index contributed by atoms with van der Waals surface area (Å²) in [7, 11) is 6.20. The molecule has 2 unspecified atom stereocenters. The molecule has 0 aromatic heterocycles. The van der Waals surface area contributed by atoms with E-state index in [1.165, 1.54) is 7.11 Å². The van der Waals surface area contributed by atoms with Crippen molar-refractivity contribution in [1.29, 1.82) is 0 Å². The lowest BCUT2D eigenvalue weighted by molar-refractivity contribution is -0.115. The van der Waals surface area contributed by atoms with Gasteiger partial charge in [-0.25, -0.2) is 0 Å². The third kappa shape index (κ3) is 7.70. The average Bonchev–Trinajstić information content (AvgIpc) is 2.86. The van der Waals surface area contributed by atoms with Crippen LogP contribution in [0.15, 0.2) is 20.6 Å². The molecule has 2 rings (SSSR count). The number of oxime groups is 4. The van der Waals surface area contributed by atoms with Gasteiger partial charge in [0.25, 0.3) is 5.91 Å². The first-order chi connectivity index (χ1) is 16.5. The first kappa shape index (κ1) is 27.6. The van der Waals surface area contributed by atoms with Crippen molar-refractivity contribution in [3.05, 3.63) is 0 Å². The minimum absolute atomic E-state index is 0.0245. The molecule has 0 spiro atoms. The summed E-state index contributed by atoms with van der Waals surface area (Å²) in [5, 5.41) is 19.5. The van der Waals surface area contributed by atoms with Crippen molar-refractivity contribution in [1.82, 2.24) is 5.32 Å². The van der Waals surface area contributed by atoms with Crippen LogP contribution in [-0.2, 0) is 24.1 Å². The Morgan fingerprint density at radius 2 is 1.38 bits per heavy atom. The first-order valence-electron chi connectivity index (χ1n) is 12.1. The van der Waals surface area contributed by atoms with Crippen molar-refractivity contribution in [2.75, 3.05) is 35.0 Å². The summed E-state index contributed by atoms with van der Waals surface area (Å²) in [6.45, 7) is 4.33. The van der Waals surface area contributed by atoms with Gasteiger partial charge in [0, 0.05) is 30.7 Å². The van der Waals surface area contributed by atoms with Crippen LogP contribution in [0.1, 0.15) is 65.2 Å². The summed E-state index contributed by atoms with van der Waals surface area (Å²) >= 11 is 0. The molecule has 10 nitrogen and oxygen atoms in total. The molecule has 0 aromatic rings. The second-order valence-corrected chi connectivity index (χ2v) is 8.98. The molecule has 0 saturated heterocycles. The molecule has 2 aliphatic carbocycles. The lowest BCUT2D eigenvalue weighted by Crippen LogP contribution is -2.39. The van der Waals surface area contributed by atoms with Gasteiger partial charge in [-0.05, 0) is 52.4 Å². The maximum absolute atomic E-state index is 12.3. The summed E-state index contributed by atoms with van der Waals surface area (Å²) in [4.78, 5) is 33.1. The fourth-order valence-corrected chi connectivity index (χ4v) is 5.09. The summed E-state index contributed by atoms with van der Waals surface area (Å²) in [5.74, 6) is 0.589. The van der Waals surface area contributed by atoms with E-state index in [4.69, 9.17) is 19.4 Å². The fraction of sp³-hybridized carbons (Fsp3) is 0.792. The first-order valence-corrected chi connectivity index (χ1v) is 12.1. The molecule has 2 fully saturated rings. The quantitative estimate of drug-likeness (QED) is 0.358. The molecule has 1 amide bonds. The van der Waals surface area contributed by atoms with Crippen LogP contribution in [0, 0.1) is 23.7 Å². The molecule has 2 aliphatic rings. The maximum atomic E-state index is 12.3. The summed E-state index contributed by atoms with van der Waals surface area (Å²) in [6.07, 6.45) is 7.95. The summed E-state index contributed by atoms with van der Waals surface area (Å²) in [5.41, 5.74) is 3.01. The Labute approximate surface area is 203 Å². The topological polar surface area (TPSA) is 115 Å². The standard InChI is InChI=1S/C24H41N5O5/c1-16(26-31-4)18-11-13-19(14-12-18)22(28-32-5)17(2)27-34-15-20-9-7-8-10-21(20)23(29-33-6)24(30)25-3/h18-21H,7-15H2,1-6H3,(H,25,30)/b26-16+,27-17+,28-22-,29-23+. The molecule has 1 N–H and O–H groups in total. The Morgan fingerprint density at radius 3 is 2.00 bits per heavy atom. The highest BCUT2D eigenvalue weighted by Crippen LogP contribution is 2.33. The predicted octanol–water partition coefficient (Wildman–Crippen LogP) is 3.76. The van der Waals surface area contributed by atoms with Crippen LogP contribution in [0.4, 0.5) is 0 Å². The number of hydrogen-bond acceptors (Lipinski definition) is 9. The zero-order valence-electron chi connectivity index (χ0n) is 21.5. The van der Waals surface area contributed by atoms with Gasteiger partial charge in [0.05, 0.1) is 5.71 Å². The van der Waals surface area contributed by atoms with Crippen molar-refractivity contribution in [3.63, 3.8) is 0 Å². The number of nitrogens with zero attached hydrogens (tertiary/aromatic N) is 4. The van der Waals surface area contributed by atoms with Crippen LogP contribution in [0.3, 0.4) is 0 Å². The minimum atomic E-state index is -0.214. The normalized spacial score (nSPS) is 27.1. The third-order valence-electron chi connectivity index (χ3n) is 6.90. The highest BCUT2D eigenvalue weighted by molar-refractivity contribution is 6.42. The summed E-state index contributed by atoms with van der Waals surface area (Å²) in [6, 6.07) is 0. The molecule has 2 atom stereocenters. The zero-order valence-corrected chi connectivity index (χ0v) is 21.5. The van der Waals surface area contributed by atoms with Crippen molar-refractivity contribution in [2.45, 2.75) is 65.2 Å². The van der Waals surface area contributed by atoms with E-state index in [1.807, 2.05) is 13.8 Å². The average molecular weight is 480 g/mol. The van der Waals surface area contributed by atoms with Crippen molar-refractivity contribution in [2.24, 2.45) is 44.3 Å². The number of rotatable bonds is 11. The second kappa shape index (κ2) is 14.6. The molecular weight excluding hydrogens is 438 g/mol. The van der Waals surface area contributed by atoms with E-state index < -0.39 is 0 Å². The number of nitrogens with one attached hydrogen (secondary N) is 1. The second-order valence-electron chi connectivity index (χ2n) is 8.98. The van der Waals surface area contributed by atoms with E-state index in [-0.39, 0.29) is 23.7 Å². The van der Waals surface area contributed by atoms with Crippen LogP contribution < -0.4 is 5.32 Å². The highest BCUT2D eigenvalue weighted by atomic mass is 16.6. The zero-order chi connectivity index (χ0) is 24.9. The van der Waals surface area contributed by atoms with Crippen molar-refractivity contribution >= 4 is 28.8 Å². The molecule has 0 aromatic carbocycles. The van der Waals surface area contributed by atoms with Gasteiger partial charge < -0.3 is 24.7 Å². The van der Waals surface area contributed by atoms with Crippen molar-refractivity contribution in [3.8, 4) is 0 Å². The van der Waals surface area contributed by atoms with Gasteiger partial charge in [-0.15, -0.1) is 0 Å². The van der Waals surface area contributed by atoms with E-state index in [1.54, 1.807) is 21.3 Å². The Morgan fingerprint density at radius 1 is 0.794 bits per heavy atom. The smallest absolute Gasteiger partial charge is 0.269 e. The van der Waals surface area contributed by atoms with E-state index in [0.29, 0.717) is 18.2 Å². The number of carbonyl (C=O) groups excluding carboxylic acids is 1. The Hall–Kier alpha value is -2.65. The fourth-order valence-electron chi connectivity index (χ4n) is 5.09. The molecule has 2 saturated carbocycles. The molecule has 0 radical (unpaired) electrons. The van der Waals surface area contributed by atoms with Crippen molar-refractivity contribution < 1.29 is 24.1 Å². The van der Waals surface area contributed by atoms with E-state index >= 15 is 0 Å². The highest BCUT2D eigenvalue weighted by Gasteiger charge is 2.34. The number of hydrogen-bond donors (Lipinski definition) is 1. The lowest BCUT2D eigenvalue weighted by Gasteiger charge is -2.30. The largest absolute Gasteiger partial charge is 0.399 e. The van der Waals surface area contributed by atoms with Crippen LogP contribution in [0.25, 0.3) is 0 Å². The Bertz CT molecular complexity index is 772. The van der Waals surface area contributed by atoms with Gasteiger partial charge in [-0.2, -0.15) is 0 Å². The van der Waals surface area contributed by atoms with Gasteiger partial charge >= 0.3 is 0 Å². The number of carbonyl (C=O) groups is 1. The molecule has 0 heterocycles. The lowest BCUT2D eigenvalue weighted by atomic mass is 9.76. The van der Waals surface area contributed by atoms with Crippen LogP contribution >= 0.6 is 0 Å². The molecule has 10 heteroatoms. The van der Waals surface area contributed by atoms with Crippen LogP contribution in [0.2, 0.25) is 0 Å². The van der Waals surface area contributed by atoms with Gasteiger partial charge in [0.1, 0.15) is 45.1 Å². The molecule has 34 heavy (non-hydrogen) atoms. The minimum Gasteiger partial charge on any atom is -0.399 e. The maximum Gasteiger partial charge on any atom is 0.269 e. The Kier molecular flexibility index (Phi) is 11.8.